The Labute approximate surface area is 130 Å². The molecule has 1 aromatic heterocycles. The van der Waals surface area contributed by atoms with Crippen LogP contribution in [-0.4, -0.2) is 17.6 Å². The average Bonchev–Trinajstić information content (AvgIpc) is 2.57. The number of halogens is 1. The summed E-state index contributed by atoms with van der Waals surface area (Å²) >= 11 is 5.53. The largest absolute Gasteiger partial charge is 0.462 e. The lowest BCUT2D eigenvalue weighted by molar-refractivity contribution is 0.0499. The van der Waals surface area contributed by atoms with Gasteiger partial charge in [-0.2, -0.15) is 0 Å². The van der Waals surface area contributed by atoms with E-state index < -0.39 is 0 Å². The molecule has 0 amide bonds. The molecule has 0 unspecified atom stereocenters. The number of hydrogen-bond donors (Lipinski definition) is 0. The van der Waals surface area contributed by atoms with Gasteiger partial charge in [-0.1, -0.05) is 43.7 Å². The van der Waals surface area contributed by atoms with Gasteiger partial charge in [0.05, 0.1) is 12.2 Å². The number of nitrogens with zero attached hydrogens (tertiary/aromatic N) is 1. The van der Waals surface area contributed by atoms with Gasteiger partial charge < -0.3 is 4.74 Å². The summed E-state index contributed by atoms with van der Waals surface area (Å²) < 4.78 is 4.99. The fourth-order valence-electron chi connectivity index (χ4n) is 1.44. The lowest BCUT2D eigenvalue weighted by Crippen LogP contribution is -2.06. The van der Waals surface area contributed by atoms with E-state index in [1.807, 2.05) is 30.3 Å². The Morgan fingerprint density at radius 3 is 2.48 bits per heavy atom. The van der Waals surface area contributed by atoms with E-state index in [4.69, 9.17) is 16.3 Å². The normalized spacial score (nSPS) is 9.43. The van der Waals surface area contributed by atoms with Crippen LogP contribution in [0.5, 0.6) is 0 Å². The highest BCUT2D eigenvalue weighted by Crippen LogP contribution is 2.01. The molecule has 0 bridgehead atoms. The maximum Gasteiger partial charge on any atom is 0.339 e. The molecule has 0 saturated carbocycles. The molecule has 0 fully saturated rings. The van der Waals surface area contributed by atoms with E-state index in [1.54, 1.807) is 18.3 Å². The van der Waals surface area contributed by atoms with Crippen LogP contribution in [0.15, 0.2) is 54.9 Å². The molecule has 2 rings (SSSR count). The molecule has 1 heterocycles. The van der Waals surface area contributed by atoms with E-state index >= 15 is 0 Å². The zero-order chi connectivity index (χ0) is 15.3. The maximum absolute atomic E-state index is 11.3. The Kier molecular flexibility index (Phi) is 8.89. The van der Waals surface area contributed by atoms with Gasteiger partial charge in [-0.25, -0.2) is 4.79 Å². The zero-order valence-electron chi connectivity index (χ0n) is 12.2. The van der Waals surface area contributed by atoms with Gasteiger partial charge in [-0.3, -0.25) is 4.98 Å². The first-order valence-corrected chi connectivity index (χ1v) is 7.48. The van der Waals surface area contributed by atoms with Crippen LogP contribution in [0, 0.1) is 0 Å². The number of rotatable bonds is 5. The zero-order valence-corrected chi connectivity index (χ0v) is 12.9. The first-order chi connectivity index (χ1) is 10.3. The number of carbonyl (C=O) groups is 1. The average molecular weight is 306 g/mol. The molecule has 0 saturated heterocycles. The minimum Gasteiger partial charge on any atom is -0.462 e. The van der Waals surface area contributed by atoms with Crippen LogP contribution >= 0.6 is 11.6 Å². The third-order valence-corrected chi connectivity index (χ3v) is 2.93. The number of esters is 1. The lowest BCUT2D eigenvalue weighted by Gasteiger charge is -2.02. The Bertz CT molecular complexity index is 503. The van der Waals surface area contributed by atoms with Crippen molar-refractivity contribution in [3.63, 3.8) is 0 Å². The van der Waals surface area contributed by atoms with E-state index in [-0.39, 0.29) is 5.97 Å². The molecule has 0 N–H and O–H groups in total. The van der Waals surface area contributed by atoms with Crippen molar-refractivity contribution in [1.29, 1.82) is 0 Å². The number of pyridine rings is 1. The molecule has 1 aromatic carbocycles. The van der Waals surface area contributed by atoms with E-state index in [1.165, 1.54) is 11.8 Å². The summed E-state index contributed by atoms with van der Waals surface area (Å²) in [6.07, 6.45) is 5.07. The maximum atomic E-state index is 11.3. The summed E-state index contributed by atoms with van der Waals surface area (Å²) in [5.74, 6) is 0.322. The Morgan fingerprint density at radius 1 is 1.19 bits per heavy atom. The van der Waals surface area contributed by atoms with Gasteiger partial charge >= 0.3 is 5.97 Å². The minimum absolute atomic E-state index is 0.290. The predicted octanol–water partition coefficient (Wildman–Crippen LogP) is 4.46. The molecule has 21 heavy (non-hydrogen) atoms. The van der Waals surface area contributed by atoms with E-state index in [0.29, 0.717) is 18.1 Å². The van der Waals surface area contributed by atoms with Gasteiger partial charge in [0.25, 0.3) is 0 Å². The standard InChI is InChI=1S/C10H13NO2.C7H7Cl/c1-2-3-7-13-10(12)9-5-4-6-11-8-9;8-6-7-4-2-1-3-5-7/h4-6,8H,2-3,7H2,1H3;1-5H,6H2. The van der Waals surface area contributed by atoms with E-state index in [0.717, 1.165) is 12.8 Å². The van der Waals surface area contributed by atoms with Crippen LogP contribution in [0.25, 0.3) is 0 Å². The second kappa shape index (κ2) is 10.9. The van der Waals surface area contributed by atoms with Gasteiger partial charge in [0.15, 0.2) is 0 Å². The van der Waals surface area contributed by atoms with E-state index in [9.17, 15) is 4.79 Å². The highest BCUT2D eigenvalue weighted by molar-refractivity contribution is 6.17. The van der Waals surface area contributed by atoms with E-state index in [2.05, 4.69) is 11.9 Å². The second-order valence-corrected chi connectivity index (χ2v) is 4.62. The molecular formula is C17H20ClNO2. The third kappa shape index (κ3) is 7.47. The summed E-state index contributed by atoms with van der Waals surface area (Å²) in [7, 11) is 0. The van der Waals surface area contributed by atoms with Crippen molar-refractivity contribution >= 4 is 17.6 Å². The second-order valence-electron chi connectivity index (χ2n) is 4.35. The molecule has 4 heteroatoms. The predicted molar refractivity (Wildman–Crippen MR) is 85.4 cm³/mol. The summed E-state index contributed by atoms with van der Waals surface area (Å²) in [4.78, 5) is 15.1. The highest BCUT2D eigenvalue weighted by atomic mass is 35.5. The van der Waals surface area contributed by atoms with Crippen molar-refractivity contribution in [3.05, 3.63) is 66.0 Å². The number of carbonyl (C=O) groups excluding carboxylic acids is 1. The fraction of sp³-hybridized carbons (Fsp3) is 0.294. The van der Waals surface area contributed by atoms with Crippen LogP contribution in [0.1, 0.15) is 35.7 Å². The third-order valence-electron chi connectivity index (χ3n) is 2.63. The number of aromatic nitrogens is 1. The minimum atomic E-state index is -0.290. The Morgan fingerprint density at radius 2 is 1.95 bits per heavy atom. The molecule has 0 atom stereocenters. The van der Waals surface area contributed by atoms with Gasteiger partial charge in [-0.15, -0.1) is 11.6 Å². The van der Waals surface area contributed by atoms with Crippen LogP contribution < -0.4 is 0 Å². The van der Waals surface area contributed by atoms with Crippen LogP contribution in [0.2, 0.25) is 0 Å². The number of ether oxygens (including phenoxy) is 1. The SMILES string of the molecule is CCCCOC(=O)c1cccnc1.ClCc1ccccc1. The lowest BCUT2D eigenvalue weighted by atomic mass is 10.2. The number of benzene rings is 1. The monoisotopic (exact) mass is 305 g/mol. The summed E-state index contributed by atoms with van der Waals surface area (Å²) in [6, 6.07) is 13.4. The van der Waals surface area contributed by atoms with Gasteiger partial charge in [0.2, 0.25) is 0 Å². The first-order valence-electron chi connectivity index (χ1n) is 6.95. The molecule has 0 spiro atoms. The number of hydrogen-bond acceptors (Lipinski definition) is 3. The van der Waals surface area contributed by atoms with Crippen molar-refractivity contribution < 1.29 is 9.53 Å². The molecule has 0 aliphatic rings. The summed E-state index contributed by atoms with van der Waals surface area (Å²) in [5, 5.41) is 0. The Balaban J connectivity index is 0.000000235. The van der Waals surface area contributed by atoms with Crippen LogP contribution in [0.3, 0.4) is 0 Å². The molecule has 2 aromatic rings. The summed E-state index contributed by atoms with van der Waals surface area (Å²) in [5.41, 5.74) is 1.69. The molecule has 112 valence electrons. The quantitative estimate of drug-likeness (QED) is 0.465. The highest BCUT2D eigenvalue weighted by Gasteiger charge is 2.04. The Hall–Kier alpha value is -1.87. The van der Waals surface area contributed by atoms with Crippen molar-refractivity contribution in [2.75, 3.05) is 6.61 Å². The summed E-state index contributed by atoms with van der Waals surface area (Å²) in [6.45, 7) is 2.54. The van der Waals surface area contributed by atoms with Crippen molar-refractivity contribution in [1.82, 2.24) is 4.98 Å². The molecular weight excluding hydrogens is 286 g/mol. The first kappa shape index (κ1) is 17.2. The molecule has 0 aliphatic heterocycles. The molecule has 0 aliphatic carbocycles. The smallest absolute Gasteiger partial charge is 0.339 e. The van der Waals surface area contributed by atoms with Crippen molar-refractivity contribution in [2.45, 2.75) is 25.6 Å². The van der Waals surface area contributed by atoms with Gasteiger partial charge in [-0.05, 0) is 24.1 Å². The van der Waals surface area contributed by atoms with Crippen molar-refractivity contribution in [3.8, 4) is 0 Å². The van der Waals surface area contributed by atoms with Crippen LogP contribution in [-0.2, 0) is 10.6 Å². The topological polar surface area (TPSA) is 39.2 Å². The fourth-order valence-corrected chi connectivity index (χ4v) is 1.62. The van der Waals surface area contributed by atoms with Crippen LogP contribution in [0.4, 0.5) is 0 Å². The number of unbranched alkanes of at least 4 members (excludes halogenated alkanes) is 1. The number of alkyl halides is 1. The molecule has 0 radical (unpaired) electrons. The van der Waals surface area contributed by atoms with Gasteiger partial charge in [0.1, 0.15) is 0 Å². The van der Waals surface area contributed by atoms with Gasteiger partial charge in [0, 0.05) is 18.3 Å². The molecule has 3 nitrogen and oxygen atoms in total. The van der Waals surface area contributed by atoms with Crippen molar-refractivity contribution in [2.24, 2.45) is 0 Å².